The minimum absolute atomic E-state index is 0.0132. The number of fused-ring (bicyclic) bond motifs is 4. The number of rotatable bonds is 4. The minimum atomic E-state index is 0.0132. The van der Waals surface area contributed by atoms with E-state index < -0.39 is 0 Å². The van der Waals surface area contributed by atoms with E-state index in [9.17, 15) is 4.79 Å². The van der Waals surface area contributed by atoms with E-state index in [0.717, 1.165) is 43.5 Å². The summed E-state index contributed by atoms with van der Waals surface area (Å²) in [6, 6.07) is 10.1. The van der Waals surface area contributed by atoms with Gasteiger partial charge >= 0.3 is 0 Å². The van der Waals surface area contributed by atoms with Crippen LogP contribution in [-0.4, -0.2) is 46.4 Å². The minimum Gasteiger partial charge on any atom is -0.383 e. The van der Waals surface area contributed by atoms with Gasteiger partial charge in [-0.15, -0.1) is 0 Å². The van der Waals surface area contributed by atoms with Crippen molar-refractivity contribution in [2.45, 2.75) is 32.4 Å². The quantitative estimate of drug-likeness (QED) is 0.681. The van der Waals surface area contributed by atoms with Crippen molar-refractivity contribution in [1.29, 1.82) is 0 Å². The van der Waals surface area contributed by atoms with Gasteiger partial charge in [-0.3, -0.25) is 19.2 Å². The number of para-hydroxylation sites is 1. The van der Waals surface area contributed by atoms with Gasteiger partial charge in [-0.1, -0.05) is 18.2 Å². The molecule has 0 atom stereocenters. The molecule has 0 unspecified atom stereocenters. The summed E-state index contributed by atoms with van der Waals surface area (Å²) < 4.78 is 7.07. The summed E-state index contributed by atoms with van der Waals surface area (Å²) in [6.07, 6.45) is 6.12. The van der Waals surface area contributed by atoms with Crippen molar-refractivity contribution in [2.75, 3.05) is 31.8 Å². The Kier molecular flexibility index (Phi) is 4.77. The van der Waals surface area contributed by atoms with Crippen molar-refractivity contribution >= 4 is 22.7 Å². The molecule has 0 radical (unpaired) electrons. The SMILES string of the molecule is COCCN1CN(c2ccccc2)c2nc3ncc4c(c3c(=O)n2C1)CCCC4. The van der Waals surface area contributed by atoms with Crippen LogP contribution in [0, 0.1) is 0 Å². The lowest BCUT2D eigenvalue weighted by Crippen LogP contribution is -2.48. The number of hydrogen-bond donors (Lipinski definition) is 0. The van der Waals surface area contributed by atoms with Crippen molar-refractivity contribution in [2.24, 2.45) is 0 Å². The maximum atomic E-state index is 13.6. The van der Waals surface area contributed by atoms with Crippen LogP contribution in [0.5, 0.6) is 0 Å². The Labute approximate surface area is 169 Å². The molecule has 1 aromatic carbocycles. The van der Waals surface area contributed by atoms with Gasteiger partial charge in [0.05, 0.1) is 25.3 Å². The maximum absolute atomic E-state index is 13.6. The first-order valence-corrected chi connectivity index (χ1v) is 10.2. The molecule has 1 aliphatic carbocycles. The van der Waals surface area contributed by atoms with Gasteiger partial charge in [0.15, 0.2) is 5.65 Å². The molecular formula is C22H25N5O2. The van der Waals surface area contributed by atoms with Crippen molar-refractivity contribution in [3.8, 4) is 0 Å². The Bertz CT molecular complexity index is 1100. The number of hydrogen-bond acceptors (Lipinski definition) is 6. The number of anilines is 2. The van der Waals surface area contributed by atoms with Crippen molar-refractivity contribution in [3.05, 3.63) is 58.0 Å². The average Bonchev–Trinajstić information content (AvgIpc) is 2.78. The van der Waals surface area contributed by atoms with E-state index in [4.69, 9.17) is 9.72 Å². The molecule has 0 fully saturated rings. The number of nitrogens with zero attached hydrogens (tertiary/aromatic N) is 5. The molecule has 5 rings (SSSR count). The van der Waals surface area contributed by atoms with Crippen LogP contribution in [-0.2, 0) is 24.2 Å². The van der Waals surface area contributed by atoms with E-state index in [2.05, 4.69) is 14.8 Å². The van der Waals surface area contributed by atoms with Crippen LogP contribution in [0.2, 0.25) is 0 Å². The molecule has 1 aliphatic heterocycles. The number of aryl methyl sites for hydroxylation is 2. The predicted molar refractivity (Wildman–Crippen MR) is 112 cm³/mol. The molecule has 150 valence electrons. The lowest BCUT2D eigenvalue weighted by Gasteiger charge is -2.38. The lowest BCUT2D eigenvalue weighted by atomic mass is 9.91. The molecule has 0 saturated heterocycles. The summed E-state index contributed by atoms with van der Waals surface area (Å²) in [7, 11) is 1.70. The topological polar surface area (TPSA) is 63.5 Å². The van der Waals surface area contributed by atoms with E-state index in [0.29, 0.717) is 36.9 Å². The number of aromatic nitrogens is 3. The molecule has 2 aliphatic rings. The number of methoxy groups -OCH3 is 1. The molecule has 2 aromatic heterocycles. The standard InChI is InChI=1S/C22H25N5O2/c1-29-12-11-25-14-26(17-8-3-2-4-9-17)22-24-20-19(21(28)27(22)15-25)18-10-6-5-7-16(18)13-23-20/h2-4,8-9,13H,5-7,10-12,14-15H2,1H3. The molecular weight excluding hydrogens is 366 g/mol. The highest BCUT2D eigenvalue weighted by Gasteiger charge is 2.28. The second-order valence-electron chi connectivity index (χ2n) is 7.75. The van der Waals surface area contributed by atoms with Crippen LogP contribution in [0.4, 0.5) is 11.6 Å². The molecule has 7 heteroatoms. The van der Waals surface area contributed by atoms with Gasteiger partial charge in [0.1, 0.15) is 0 Å². The van der Waals surface area contributed by atoms with Crippen LogP contribution in [0.15, 0.2) is 41.3 Å². The van der Waals surface area contributed by atoms with Crippen LogP contribution in [0.3, 0.4) is 0 Å². The van der Waals surface area contributed by atoms with Gasteiger partial charge in [0.25, 0.3) is 5.56 Å². The fourth-order valence-electron chi connectivity index (χ4n) is 4.39. The molecule has 29 heavy (non-hydrogen) atoms. The van der Waals surface area contributed by atoms with Crippen LogP contribution < -0.4 is 10.5 Å². The Hall–Kier alpha value is -2.77. The Morgan fingerprint density at radius 3 is 2.76 bits per heavy atom. The zero-order chi connectivity index (χ0) is 19.8. The number of ether oxygens (including phenoxy) is 1. The van der Waals surface area contributed by atoms with E-state index in [1.54, 1.807) is 11.7 Å². The van der Waals surface area contributed by atoms with Crippen molar-refractivity contribution in [1.82, 2.24) is 19.4 Å². The molecule has 0 amide bonds. The predicted octanol–water partition coefficient (Wildman–Crippen LogP) is 2.69. The zero-order valence-electron chi connectivity index (χ0n) is 16.7. The van der Waals surface area contributed by atoms with Crippen molar-refractivity contribution < 1.29 is 4.74 Å². The van der Waals surface area contributed by atoms with Crippen LogP contribution in [0.1, 0.15) is 24.0 Å². The fraction of sp³-hybridized carbons (Fsp3) is 0.409. The molecule has 0 saturated carbocycles. The number of pyridine rings is 1. The smallest absolute Gasteiger partial charge is 0.265 e. The second kappa shape index (κ2) is 7.57. The monoisotopic (exact) mass is 391 g/mol. The summed E-state index contributed by atoms with van der Waals surface area (Å²) >= 11 is 0. The first kappa shape index (κ1) is 18.3. The summed E-state index contributed by atoms with van der Waals surface area (Å²) in [5, 5.41) is 0.701. The molecule has 0 spiro atoms. The third kappa shape index (κ3) is 3.20. The fourth-order valence-corrected chi connectivity index (χ4v) is 4.39. The van der Waals surface area contributed by atoms with Gasteiger partial charge in [0.2, 0.25) is 5.95 Å². The lowest BCUT2D eigenvalue weighted by molar-refractivity contribution is 0.122. The Balaban J connectivity index is 1.70. The van der Waals surface area contributed by atoms with Crippen LogP contribution in [0.25, 0.3) is 11.0 Å². The van der Waals surface area contributed by atoms with Crippen molar-refractivity contribution in [3.63, 3.8) is 0 Å². The summed E-state index contributed by atoms with van der Waals surface area (Å²) in [5.41, 5.74) is 3.93. The third-order valence-electron chi connectivity index (χ3n) is 5.89. The summed E-state index contributed by atoms with van der Waals surface area (Å²) in [4.78, 5) is 27.4. The molecule has 0 bridgehead atoms. The second-order valence-corrected chi connectivity index (χ2v) is 7.75. The zero-order valence-corrected chi connectivity index (χ0v) is 16.7. The van der Waals surface area contributed by atoms with Gasteiger partial charge in [0, 0.05) is 25.5 Å². The Morgan fingerprint density at radius 1 is 1.10 bits per heavy atom. The summed E-state index contributed by atoms with van der Waals surface area (Å²) in [5.74, 6) is 0.658. The molecule has 3 heterocycles. The van der Waals surface area contributed by atoms with E-state index in [1.165, 1.54) is 5.56 Å². The van der Waals surface area contributed by atoms with E-state index in [-0.39, 0.29) is 5.56 Å². The highest BCUT2D eigenvalue weighted by molar-refractivity contribution is 5.81. The molecule has 0 N–H and O–H groups in total. The van der Waals surface area contributed by atoms with Gasteiger partial charge < -0.3 is 4.74 Å². The van der Waals surface area contributed by atoms with Gasteiger partial charge in [-0.05, 0) is 48.9 Å². The van der Waals surface area contributed by atoms with E-state index >= 15 is 0 Å². The Morgan fingerprint density at radius 2 is 1.93 bits per heavy atom. The first-order chi connectivity index (χ1) is 14.3. The van der Waals surface area contributed by atoms with Gasteiger partial charge in [-0.2, -0.15) is 4.98 Å². The summed E-state index contributed by atoms with van der Waals surface area (Å²) in [6.45, 7) is 2.52. The highest BCUT2D eigenvalue weighted by atomic mass is 16.5. The van der Waals surface area contributed by atoms with Crippen LogP contribution >= 0.6 is 0 Å². The third-order valence-corrected chi connectivity index (χ3v) is 5.89. The molecule has 7 nitrogen and oxygen atoms in total. The number of benzene rings is 1. The maximum Gasteiger partial charge on any atom is 0.265 e. The normalized spacial score (nSPS) is 16.7. The first-order valence-electron chi connectivity index (χ1n) is 10.2. The van der Waals surface area contributed by atoms with Gasteiger partial charge in [-0.25, -0.2) is 4.98 Å². The largest absolute Gasteiger partial charge is 0.383 e. The average molecular weight is 391 g/mol. The van der Waals surface area contributed by atoms with E-state index in [1.807, 2.05) is 36.5 Å². The molecule has 3 aromatic rings. The highest BCUT2D eigenvalue weighted by Crippen LogP contribution is 2.30.